The SMILES string of the molecule is CC(=O)Nc1ccc(C(=O)NNC(=S)NC(=O)/C=C/c2ccc(F)cc2)cc1. The van der Waals surface area contributed by atoms with E-state index in [1.807, 2.05) is 0 Å². The van der Waals surface area contributed by atoms with E-state index in [1.165, 1.54) is 55.5 Å². The van der Waals surface area contributed by atoms with E-state index < -0.39 is 11.8 Å². The monoisotopic (exact) mass is 400 g/mol. The Kier molecular flexibility index (Phi) is 7.35. The second-order valence-electron chi connectivity index (χ2n) is 5.54. The van der Waals surface area contributed by atoms with Gasteiger partial charge in [-0.2, -0.15) is 0 Å². The third-order valence-corrected chi connectivity index (χ3v) is 3.50. The molecule has 0 radical (unpaired) electrons. The molecule has 3 amide bonds. The van der Waals surface area contributed by atoms with Crippen LogP contribution in [0.1, 0.15) is 22.8 Å². The van der Waals surface area contributed by atoms with Crippen LogP contribution >= 0.6 is 12.2 Å². The summed E-state index contributed by atoms with van der Waals surface area (Å²) in [6.45, 7) is 1.38. The second kappa shape index (κ2) is 9.93. The number of carbonyl (C=O) groups is 3. The molecule has 0 aliphatic carbocycles. The Labute approximate surface area is 166 Å². The zero-order chi connectivity index (χ0) is 20.5. The quantitative estimate of drug-likeness (QED) is 0.358. The number of halogens is 1. The fourth-order valence-corrected chi connectivity index (χ4v) is 2.18. The highest BCUT2D eigenvalue weighted by Crippen LogP contribution is 2.09. The number of anilines is 1. The molecule has 0 heterocycles. The zero-order valence-electron chi connectivity index (χ0n) is 14.8. The number of hydrazine groups is 1. The minimum absolute atomic E-state index is 0.100. The van der Waals surface area contributed by atoms with Crippen LogP contribution in [0.25, 0.3) is 6.08 Å². The fraction of sp³-hybridized carbons (Fsp3) is 0.0526. The van der Waals surface area contributed by atoms with E-state index in [1.54, 1.807) is 12.1 Å². The molecule has 2 aromatic carbocycles. The van der Waals surface area contributed by atoms with Crippen LogP contribution < -0.4 is 21.5 Å². The number of benzene rings is 2. The topological polar surface area (TPSA) is 99.3 Å². The molecule has 4 N–H and O–H groups in total. The molecule has 28 heavy (non-hydrogen) atoms. The van der Waals surface area contributed by atoms with Crippen molar-refractivity contribution in [3.05, 3.63) is 71.6 Å². The van der Waals surface area contributed by atoms with Crippen LogP contribution in [0.3, 0.4) is 0 Å². The molecule has 0 atom stereocenters. The van der Waals surface area contributed by atoms with Gasteiger partial charge in [-0.15, -0.1) is 0 Å². The molecule has 2 rings (SSSR count). The van der Waals surface area contributed by atoms with Crippen molar-refractivity contribution in [1.29, 1.82) is 0 Å². The number of amides is 3. The van der Waals surface area contributed by atoms with E-state index >= 15 is 0 Å². The van der Waals surface area contributed by atoms with Crippen molar-refractivity contribution >= 4 is 46.8 Å². The van der Waals surface area contributed by atoms with Gasteiger partial charge in [0, 0.05) is 24.3 Å². The molecular formula is C19H17FN4O3S. The van der Waals surface area contributed by atoms with Crippen molar-refractivity contribution in [2.24, 2.45) is 0 Å². The van der Waals surface area contributed by atoms with Crippen LogP contribution in [-0.4, -0.2) is 22.8 Å². The van der Waals surface area contributed by atoms with E-state index in [0.29, 0.717) is 16.8 Å². The maximum absolute atomic E-state index is 12.8. The molecular weight excluding hydrogens is 383 g/mol. The van der Waals surface area contributed by atoms with Gasteiger partial charge >= 0.3 is 0 Å². The Bertz CT molecular complexity index is 912. The summed E-state index contributed by atoms with van der Waals surface area (Å²) in [5.74, 6) is -1.58. The van der Waals surface area contributed by atoms with Crippen LogP contribution in [0.4, 0.5) is 10.1 Å². The van der Waals surface area contributed by atoms with Gasteiger partial charge in [0.1, 0.15) is 5.82 Å². The molecule has 7 nitrogen and oxygen atoms in total. The molecule has 0 aromatic heterocycles. The average molecular weight is 400 g/mol. The molecule has 0 fully saturated rings. The van der Waals surface area contributed by atoms with E-state index in [4.69, 9.17) is 12.2 Å². The number of hydrogen-bond donors (Lipinski definition) is 4. The molecule has 0 unspecified atom stereocenters. The molecule has 144 valence electrons. The number of thiocarbonyl (C=S) groups is 1. The van der Waals surface area contributed by atoms with Gasteiger partial charge in [-0.1, -0.05) is 12.1 Å². The third kappa shape index (κ3) is 6.96. The molecule has 0 spiro atoms. The number of hydrogen-bond acceptors (Lipinski definition) is 4. The third-order valence-electron chi connectivity index (χ3n) is 3.29. The highest BCUT2D eigenvalue weighted by molar-refractivity contribution is 7.80. The summed E-state index contributed by atoms with van der Waals surface area (Å²) in [6.07, 6.45) is 2.72. The zero-order valence-corrected chi connectivity index (χ0v) is 15.6. The molecule has 9 heteroatoms. The van der Waals surface area contributed by atoms with E-state index in [2.05, 4.69) is 21.5 Å². The average Bonchev–Trinajstić information content (AvgIpc) is 2.66. The first-order chi connectivity index (χ1) is 13.3. The van der Waals surface area contributed by atoms with Crippen LogP contribution in [0.2, 0.25) is 0 Å². The summed E-state index contributed by atoms with van der Waals surface area (Å²) in [6, 6.07) is 11.8. The van der Waals surface area contributed by atoms with Crippen molar-refractivity contribution in [2.45, 2.75) is 6.92 Å². The minimum Gasteiger partial charge on any atom is -0.326 e. The fourth-order valence-electron chi connectivity index (χ4n) is 2.02. The Morgan fingerprint density at radius 2 is 1.61 bits per heavy atom. The predicted octanol–water partition coefficient (Wildman–Crippen LogP) is 2.13. The molecule has 0 saturated heterocycles. The van der Waals surface area contributed by atoms with Gasteiger partial charge in [0.15, 0.2) is 5.11 Å². The van der Waals surface area contributed by atoms with Crippen LogP contribution in [-0.2, 0) is 9.59 Å². The maximum Gasteiger partial charge on any atom is 0.269 e. The van der Waals surface area contributed by atoms with Gasteiger partial charge in [0.05, 0.1) is 0 Å². The van der Waals surface area contributed by atoms with Crippen molar-refractivity contribution < 1.29 is 18.8 Å². The lowest BCUT2D eigenvalue weighted by atomic mass is 10.2. The Hall–Kier alpha value is -3.59. The largest absolute Gasteiger partial charge is 0.326 e. The van der Waals surface area contributed by atoms with Crippen LogP contribution in [0.15, 0.2) is 54.6 Å². The summed E-state index contributed by atoms with van der Waals surface area (Å²) in [5, 5.41) is 4.85. The lowest BCUT2D eigenvalue weighted by Crippen LogP contribution is -2.48. The molecule has 0 aliphatic rings. The summed E-state index contributed by atoms with van der Waals surface area (Å²) in [7, 11) is 0. The highest BCUT2D eigenvalue weighted by Gasteiger charge is 2.07. The van der Waals surface area contributed by atoms with Gasteiger partial charge in [-0.05, 0) is 60.3 Å². The maximum atomic E-state index is 12.8. The highest BCUT2D eigenvalue weighted by atomic mass is 32.1. The summed E-state index contributed by atoms with van der Waals surface area (Å²) < 4.78 is 12.8. The van der Waals surface area contributed by atoms with Gasteiger partial charge in [-0.3, -0.25) is 30.6 Å². The van der Waals surface area contributed by atoms with Gasteiger partial charge in [0.25, 0.3) is 5.91 Å². The first-order valence-electron chi connectivity index (χ1n) is 8.06. The second-order valence-corrected chi connectivity index (χ2v) is 5.95. The van der Waals surface area contributed by atoms with Crippen molar-refractivity contribution in [3.63, 3.8) is 0 Å². The number of carbonyl (C=O) groups excluding carboxylic acids is 3. The molecule has 0 bridgehead atoms. The molecule has 2 aromatic rings. The van der Waals surface area contributed by atoms with Crippen LogP contribution in [0.5, 0.6) is 0 Å². The van der Waals surface area contributed by atoms with Crippen molar-refractivity contribution in [1.82, 2.24) is 16.2 Å². The Morgan fingerprint density at radius 3 is 2.21 bits per heavy atom. The smallest absolute Gasteiger partial charge is 0.269 e. The lowest BCUT2D eigenvalue weighted by Gasteiger charge is -2.10. The van der Waals surface area contributed by atoms with E-state index in [0.717, 1.165) is 0 Å². The number of rotatable bonds is 4. The van der Waals surface area contributed by atoms with Gasteiger partial charge in [-0.25, -0.2) is 4.39 Å². The molecule has 0 aliphatic heterocycles. The summed E-state index contributed by atoms with van der Waals surface area (Å²) in [5.41, 5.74) is 6.29. The Morgan fingerprint density at radius 1 is 0.964 bits per heavy atom. The Balaban J connectivity index is 1.79. The normalized spacial score (nSPS) is 10.2. The molecule has 0 saturated carbocycles. The van der Waals surface area contributed by atoms with E-state index in [9.17, 15) is 18.8 Å². The lowest BCUT2D eigenvalue weighted by molar-refractivity contribution is -0.115. The first-order valence-corrected chi connectivity index (χ1v) is 8.47. The van der Waals surface area contributed by atoms with Crippen molar-refractivity contribution in [2.75, 3.05) is 5.32 Å². The number of nitrogens with one attached hydrogen (secondary N) is 4. The predicted molar refractivity (Wildman–Crippen MR) is 108 cm³/mol. The first kappa shape index (κ1) is 20.7. The summed E-state index contributed by atoms with van der Waals surface area (Å²) >= 11 is 4.93. The van der Waals surface area contributed by atoms with Crippen molar-refractivity contribution in [3.8, 4) is 0 Å². The minimum atomic E-state index is -0.518. The standard InChI is InChI=1S/C19H17FN4O3S/c1-12(25)21-16-9-5-14(6-10-16)18(27)23-24-19(28)22-17(26)11-4-13-2-7-15(20)8-3-13/h2-11H,1H3,(H,21,25)(H,23,27)(H2,22,24,26,28)/b11-4+. The summed E-state index contributed by atoms with van der Waals surface area (Å²) in [4.78, 5) is 34.8. The van der Waals surface area contributed by atoms with Gasteiger partial charge in [0.2, 0.25) is 11.8 Å². The van der Waals surface area contributed by atoms with Gasteiger partial charge < -0.3 is 5.32 Å². The van der Waals surface area contributed by atoms with E-state index in [-0.39, 0.29) is 16.8 Å². The van der Waals surface area contributed by atoms with Crippen LogP contribution in [0, 0.1) is 5.82 Å².